The molecule has 3 unspecified atom stereocenters. The molecule has 1 aromatic carbocycles. The first-order chi connectivity index (χ1) is 15.3. The highest BCUT2D eigenvalue weighted by molar-refractivity contribution is 7.80. The van der Waals surface area contributed by atoms with Crippen LogP contribution in [0, 0.1) is 0 Å². The van der Waals surface area contributed by atoms with Gasteiger partial charge in [0.1, 0.15) is 18.1 Å². The number of nitrogens with one attached hydrogen (secondary N) is 4. The molecule has 0 spiro atoms. The van der Waals surface area contributed by atoms with Crippen molar-refractivity contribution in [3.8, 4) is 0 Å². The standard InChI is InChI=1S/C20H26N6O5S/c21-8-17(27)24-16(10-32)19(29)25-14(7-13-9-22-11-23-13)18(28)26-15(20(30)31)6-12-4-2-1-3-5-12/h1-5,9,11,14-16,32H,6-8,10,21H2,(H,22,23)(H,24,27)(H,25,29)(H,26,28)(H,30,31). The van der Waals surface area contributed by atoms with E-state index in [9.17, 15) is 24.3 Å². The van der Waals surface area contributed by atoms with Gasteiger partial charge in [0.05, 0.1) is 12.9 Å². The first-order valence-electron chi connectivity index (χ1n) is 9.79. The molecule has 0 aliphatic carbocycles. The number of H-pyrrole nitrogens is 1. The summed E-state index contributed by atoms with van der Waals surface area (Å²) < 4.78 is 0. The van der Waals surface area contributed by atoms with Crippen LogP contribution in [-0.2, 0) is 32.0 Å². The summed E-state index contributed by atoms with van der Waals surface area (Å²) in [6.45, 7) is -0.310. The van der Waals surface area contributed by atoms with Gasteiger partial charge in [0, 0.05) is 30.5 Å². The molecule has 0 saturated carbocycles. The minimum absolute atomic E-state index is 0.0261. The maximum absolute atomic E-state index is 12.9. The maximum atomic E-state index is 12.9. The van der Waals surface area contributed by atoms with Gasteiger partial charge in [0.25, 0.3) is 0 Å². The second-order valence-electron chi connectivity index (χ2n) is 6.94. The van der Waals surface area contributed by atoms with E-state index in [0.717, 1.165) is 5.56 Å². The third kappa shape index (κ3) is 7.71. The van der Waals surface area contributed by atoms with Crippen molar-refractivity contribution in [2.75, 3.05) is 12.3 Å². The van der Waals surface area contributed by atoms with E-state index >= 15 is 0 Å². The van der Waals surface area contributed by atoms with Crippen molar-refractivity contribution >= 4 is 36.3 Å². The number of hydrogen-bond donors (Lipinski definition) is 7. The molecule has 11 nitrogen and oxygen atoms in total. The summed E-state index contributed by atoms with van der Waals surface area (Å²) in [7, 11) is 0. The molecule has 172 valence electrons. The largest absolute Gasteiger partial charge is 0.480 e. The van der Waals surface area contributed by atoms with Gasteiger partial charge in [-0.1, -0.05) is 30.3 Å². The first-order valence-corrected chi connectivity index (χ1v) is 10.4. The second kappa shape index (κ2) is 12.5. The van der Waals surface area contributed by atoms with Crippen LogP contribution in [0.3, 0.4) is 0 Å². The summed E-state index contributed by atoms with van der Waals surface area (Å²) in [5.74, 6) is -3.14. The van der Waals surface area contributed by atoms with Crippen LogP contribution in [0.1, 0.15) is 11.3 Å². The number of hydrogen-bond acceptors (Lipinski definition) is 7. The van der Waals surface area contributed by atoms with Crippen molar-refractivity contribution < 1.29 is 24.3 Å². The Morgan fingerprint density at radius 3 is 2.22 bits per heavy atom. The van der Waals surface area contributed by atoms with Gasteiger partial charge < -0.3 is 31.8 Å². The molecule has 0 bridgehead atoms. The predicted octanol–water partition coefficient (Wildman–Crippen LogP) is -1.38. The quantitative estimate of drug-likeness (QED) is 0.190. The zero-order chi connectivity index (χ0) is 23.5. The molecular formula is C20H26N6O5S. The Hall–Kier alpha value is -3.38. The third-order valence-electron chi connectivity index (χ3n) is 4.53. The number of nitrogens with two attached hydrogens (primary N) is 1. The van der Waals surface area contributed by atoms with E-state index in [2.05, 4.69) is 38.5 Å². The Labute approximate surface area is 190 Å². The van der Waals surface area contributed by atoms with Gasteiger partial charge in [-0.3, -0.25) is 14.4 Å². The van der Waals surface area contributed by atoms with Gasteiger partial charge in [0.15, 0.2) is 0 Å². The lowest BCUT2D eigenvalue weighted by atomic mass is 10.0. The molecule has 3 atom stereocenters. The molecule has 0 aliphatic heterocycles. The number of benzene rings is 1. The van der Waals surface area contributed by atoms with Gasteiger partial charge in [-0.15, -0.1) is 0 Å². The molecule has 0 aliphatic rings. The lowest BCUT2D eigenvalue weighted by Crippen LogP contribution is -2.57. The van der Waals surface area contributed by atoms with Crippen molar-refractivity contribution in [2.24, 2.45) is 5.73 Å². The lowest BCUT2D eigenvalue weighted by Gasteiger charge is -2.23. The van der Waals surface area contributed by atoms with Crippen LogP contribution in [0.2, 0.25) is 0 Å². The average molecular weight is 463 g/mol. The molecule has 0 radical (unpaired) electrons. The van der Waals surface area contributed by atoms with E-state index < -0.39 is 41.8 Å². The van der Waals surface area contributed by atoms with E-state index in [-0.39, 0.29) is 25.1 Å². The number of aliphatic carboxylic acids is 1. The van der Waals surface area contributed by atoms with Crippen molar-refractivity contribution in [3.05, 3.63) is 54.1 Å². The van der Waals surface area contributed by atoms with Gasteiger partial charge in [-0.25, -0.2) is 9.78 Å². The Kier molecular flexibility index (Phi) is 9.70. The number of thiol groups is 1. The Morgan fingerprint density at radius 2 is 1.66 bits per heavy atom. The third-order valence-corrected chi connectivity index (χ3v) is 4.89. The highest BCUT2D eigenvalue weighted by atomic mass is 32.1. The number of imidazole rings is 1. The fraction of sp³-hybridized carbons (Fsp3) is 0.350. The Balaban J connectivity index is 2.15. The number of aromatic amines is 1. The summed E-state index contributed by atoms with van der Waals surface area (Å²) in [4.78, 5) is 55.6. The van der Waals surface area contributed by atoms with Gasteiger partial charge >= 0.3 is 5.97 Å². The molecule has 1 aromatic heterocycles. The molecule has 2 rings (SSSR count). The second-order valence-corrected chi connectivity index (χ2v) is 7.30. The molecule has 32 heavy (non-hydrogen) atoms. The monoisotopic (exact) mass is 462 g/mol. The number of carbonyl (C=O) groups is 4. The van der Waals surface area contributed by atoms with E-state index in [1.807, 2.05) is 0 Å². The summed E-state index contributed by atoms with van der Waals surface area (Å²) in [5.41, 5.74) is 6.54. The number of carboxylic acid groups (broad SMARTS) is 1. The van der Waals surface area contributed by atoms with Gasteiger partial charge in [0.2, 0.25) is 17.7 Å². The molecule has 12 heteroatoms. The summed E-state index contributed by atoms with van der Waals surface area (Å²) in [6, 6.07) is 5.49. The normalized spacial score (nSPS) is 13.4. The van der Waals surface area contributed by atoms with Crippen molar-refractivity contribution in [1.82, 2.24) is 25.9 Å². The molecule has 2 aromatic rings. The molecular weight excluding hydrogens is 436 g/mol. The Morgan fingerprint density at radius 1 is 1.00 bits per heavy atom. The molecule has 1 heterocycles. The minimum Gasteiger partial charge on any atom is -0.480 e. The van der Waals surface area contributed by atoms with Crippen LogP contribution in [0.25, 0.3) is 0 Å². The van der Waals surface area contributed by atoms with Crippen molar-refractivity contribution in [1.29, 1.82) is 0 Å². The first kappa shape index (κ1) is 24.9. The van der Waals surface area contributed by atoms with Crippen LogP contribution in [0.5, 0.6) is 0 Å². The predicted molar refractivity (Wildman–Crippen MR) is 119 cm³/mol. The van der Waals surface area contributed by atoms with E-state index in [4.69, 9.17) is 5.73 Å². The number of carboxylic acids is 1. The van der Waals surface area contributed by atoms with Crippen molar-refractivity contribution in [3.63, 3.8) is 0 Å². The fourth-order valence-corrected chi connectivity index (χ4v) is 3.12. The number of nitrogens with zero attached hydrogens (tertiary/aromatic N) is 1. The molecule has 7 N–H and O–H groups in total. The summed E-state index contributed by atoms with van der Waals surface area (Å²) in [6.07, 6.45) is 2.99. The van der Waals surface area contributed by atoms with E-state index in [1.54, 1.807) is 30.3 Å². The van der Waals surface area contributed by atoms with Crippen LogP contribution in [-0.4, -0.2) is 69.2 Å². The van der Waals surface area contributed by atoms with E-state index in [1.165, 1.54) is 12.5 Å². The molecule has 0 saturated heterocycles. The topological polar surface area (TPSA) is 179 Å². The number of carbonyl (C=O) groups excluding carboxylic acids is 3. The molecule has 3 amide bonds. The zero-order valence-electron chi connectivity index (χ0n) is 17.2. The fourth-order valence-electron chi connectivity index (χ4n) is 2.87. The summed E-state index contributed by atoms with van der Waals surface area (Å²) in [5, 5.41) is 17.0. The average Bonchev–Trinajstić information content (AvgIpc) is 3.29. The number of aromatic nitrogens is 2. The highest BCUT2D eigenvalue weighted by Crippen LogP contribution is 2.06. The maximum Gasteiger partial charge on any atom is 0.326 e. The van der Waals surface area contributed by atoms with Crippen LogP contribution in [0.4, 0.5) is 0 Å². The minimum atomic E-state index is -1.21. The van der Waals surface area contributed by atoms with Crippen LogP contribution in [0.15, 0.2) is 42.9 Å². The van der Waals surface area contributed by atoms with Crippen LogP contribution < -0.4 is 21.7 Å². The highest BCUT2D eigenvalue weighted by Gasteiger charge is 2.29. The van der Waals surface area contributed by atoms with E-state index in [0.29, 0.717) is 5.69 Å². The SMILES string of the molecule is NCC(=O)NC(CS)C(=O)NC(Cc1cnc[nH]1)C(=O)NC(Cc1ccccc1)C(=O)O. The summed E-state index contributed by atoms with van der Waals surface area (Å²) >= 11 is 4.06. The van der Waals surface area contributed by atoms with Crippen molar-refractivity contribution in [2.45, 2.75) is 31.0 Å². The lowest BCUT2D eigenvalue weighted by molar-refractivity contribution is -0.142. The Bertz CT molecular complexity index is 908. The van der Waals surface area contributed by atoms with Crippen LogP contribution >= 0.6 is 12.6 Å². The van der Waals surface area contributed by atoms with Gasteiger partial charge in [-0.2, -0.15) is 12.6 Å². The van der Waals surface area contributed by atoms with Gasteiger partial charge in [-0.05, 0) is 5.56 Å². The zero-order valence-corrected chi connectivity index (χ0v) is 18.0. The number of amides is 3. The number of rotatable bonds is 12. The molecule has 0 fully saturated rings. The smallest absolute Gasteiger partial charge is 0.326 e.